The molecule has 4 N–H and O–H groups in total. The Balaban J connectivity index is 4.10. The Morgan fingerprint density at radius 2 is 1.14 bits per heavy atom. The largest absolute Gasteiger partial charge is 0.480 e. The number of amides is 1. The third kappa shape index (κ3) is 33.8. The van der Waals surface area contributed by atoms with E-state index < -0.39 is 12.0 Å². The van der Waals surface area contributed by atoms with Crippen LogP contribution in [0.15, 0.2) is 36.5 Å². The molecule has 1 amide bonds. The number of unbranched alkanes of at least 4 members (excludes halogenated alkanes) is 20. The van der Waals surface area contributed by atoms with Gasteiger partial charge in [0.15, 0.2) is 0 Å². The van der Waals surface area contributed by atoms with Crippen molar-refractivity contribution >= 4 is 17.8 Å². The maximum Gasteiger partial charge on any atom is 0.326 e. The maximum atomic E-state index is 12.6. The molecule has 0 radical (unpaired) electrons. The van der Waals surface area contributed by atoms with Crippen LogP contribution in [0.1, 0.15) is 194 Å². The van der Waals surface area contributed by atoms with Crippen LogP contribution in [0.3, 0.4) is 0 Å². The molecule has 2 unspecified atom stereocenters. The summed E-state index contributed by atoms with van der Waals surface area (Å²) in [6.45, 7) is 4.79. The zero-order valence-corrected chi connectivity index (χ0v) is 31.8. The van der Waals surface area contributed by atoms with Crippen LogP contribution in [0.25, 0.3) is 0 Å². The number of rotatable bonds is 36. The van der Waals surface area contributed by atoms with Gasteiger partial charge < -0.3 is 20.9 Å². The van der Waals surface area contributed by atoms with Gasteiger partial charge in [-0.2, -0.15) is 0 Å². The second-order valence-corrected chi connectivity index (χ2v) is 13.7. The van der Waals surface area contributed by atoms with Crippen molar-refractivity contribution in [1.82, 2.24) is 5.32 Å². The molecular formula is C42H76N2O5. The first kappa shape index (κ1) is 46.6. The summed E-state index contributed by atoms with van der Waals surface area (Å²) in [5.74, 6) is -1.39. The molecule has 7 heteroatoms. The number of carbonyl (C=O) groups is 3. The Bertz CT molecular complexity index is 869. The second-order valence-electron chi connectivity index (χ2n) is 13.7. The first-order valence-corrected chi connectivity index (χ1v) is 20.3. The van der Waals surface area contributed by atoms with Crippen molar-refractivity contribution in [3.8, 4) is 0 Å². The fourth-order valence-corrected chi connectivity index (χ4v) is 5.88. The summed E-state index contributed by atoms with van der Waals surface area (Å²) in [4.78, 5) is 36.0. The first-order valence-electron chi connectivity index (χ1n) is 20.3. The molecule has 0 fully saturated rings. The number of nitrogens with two attached hydrogens (primary N) is 1. The molecule has 284 valence electrons. The van der Waals surface area contributed by atoms with Crippen molar-refractivity contribution < 1.29 is 24.2 Å². The summed E-state index contributed by atoms with van der Waals surface area (Å²) < 4.78 is 5.79. The molecule has 49 heavy (non-hydrogen) atoms. The van der Waals surface area contributed by atoms with E-state index in [2.05, 4.69) is 31.3 Å². The summed E-state index contributed by atoms with van der Waals surface area (Å²) in [6, 6.07) is -0.872. The first-order chi connectivity index (χ1) is 23.9. The summed E-state index contributed by atoms with van der Waals surface area (Å²) in [5, 5.41) is 11.8. The van der Waals surface area contributed by atoms with Crippen molar-refractivity contribution in [2.45, 2.75) is 206 Å². The van der Waals surface area contributed by atoms with Gasteiger partial charge in [0.05, 0.1) is 0 Å². The number of carboxylic acids is 1. The number of aliphatic carboxylic acids is 1. The van der Waals surface area contributed by atoms with E-state index in [1.165, 1.54) is 103 Å². The monoisotopic (exact) mass is 689 g/mol. The van der Waals surface area contributed by atoms with Crippen LogP contribution in [0.4, 0.5) is 0 Å². The van der Waals surface area contributed by atoms with E-state index in [1.54, 1.807) is 0 Å². The van der Waals surface area contributed by atoms with E-state index in [4.69, 9.17) is 10.5 Å². The Labute approximate surface area is 301 Å². The van der Waals surface area contributed by atoms with E-state index in [0.717, 1.165) is 44.9 Å². The molecule has 0 saturated heterocycles. The average Bonchev–Trinajstić information content (AvgIpc) is 3.08. The molecule has 0 spiro atoms. The zero-order chi connectivity index (χ0) is 36.0. The lowest BCUT2D eigenvalue weighted by molar-refractivity contribution is -0.145. The Morgan fingerprint density at radius 1 is 0.633 bits per heavy atom. The van der Waals surface area contributed by atoms with E-state index in [-0.39, 0.29) is 18.0 Å². The van der Waals surface area contributed by atoms with Crippen molar-refractivity contribution in [3.05, 3.63) is 36.5 Å². The van der Waals surface area contributed by atoms with E-state index in [9.17, 15) is 19.5 Å². The molecule has 0 saturated carbocycles. The minimum absolute atomic E-state index is 0.142. The van der Waals surface area contributed by atoms with Crippen LogP contribution in [0.2, 0.25) is 0 Å². The fraction of sp³-hybridized carbons (Fsp3) is 0.786. The third-order valence-electron chi connectivity index (χ3n) is 8.93. The number of carbonyl (C=O) groups excluding carboxylic acids is 2. The van der Waals surface area contributed by atoms with Gasteiger partial charge in [-0.3, -0.25) is 9.59 Å². The number of nitrogens with one attached hydrogen (secondary N) is 1. The smallest absolute Gasteiger partial charge is 0.326 e. The van der Waals surface area contributed by atoms with Crippen LogP contribution in [-0.4, -0.2) is 41.6 Å². The quantitative estimate of drug-likeness (QED) is 0.0342. The molecule has 0 rings (SSSR count). The Hall–Kier alpha value is -2.41. The topological polar surface area (TPSA) is 119 Å². The van der Waals surface area contributed by atoms with Gasteiger partial charge in [-0.1, -0.05) is 154 Å². The number of hydrogen-bond donors (Lipinski definition) is 3. The highest BCUT2D eigenvalue weighted by Crippen LogP contribution is 2.15. The molecule has 0 aromatic carbocycles. The van der Waals surface area contributed by atoms with E-state index >= 15 is 0 Å². The summed E-state index contributed by atoms with van der Waals surface area (Å²) in [6.07, 6.45) is 42.5. The van der Waals surface area contributed by atoms with E-state index in [1.807, 2.05) is 24.3 Å². The normalized spacial score (nSPS) is 13.0. The fourth-order valence-electron chi connectivity index (χ4n) is 5.88. The zero-order valence-electron chi connectivity index (χ0n) is 31.8. The maximum absolute atomic E-state index is 12.6. The van der Waals surface area contributed by atoms with Gasteiger partial charge in [0.1, 0.15) is 12.1 Å². The molecule has 7 nitrogen and oxygen atoms in total. The highest BCUT2D eigenvalue weighted by atomic mass is 16.5. The van der Waals surface area contributed by atoms with Crippen molar-refractivity contribution in [1.29, 1.82) is 0 Å². The number of allylic oxidation sites excluding steroid dienone is 4. The summed E-state index contributed by atoms with van der Waals surface area (Å²) in [5.41, 5.74) is 5.46. The Morgan fingerprint density at radius 3 is 1.67 bits per heavy atom. The summed E-state index contributed by atoms with van der Waals surface area (Å²) in [7, 11) is 0. The molecule has 0 aliphatic carbocycles. The minimum Gasteiger partial charge on any atom is -0.480 e. The van der Waals surface area contributed by atoms with E-state index in [0.29, 0.717) is 38.6 Å². The molecular weight excluding hydrogens is 612 g/mol. The lowest BCUT2D eigenvalue weighted by Gasteiger charge is -2.13. The molecule has 2 atom stereocenters. The lowest BCUT2D eigenvalue weighted by atomic mass is 10.0. The summed E-state index contributed by atoms with van der Waals surface area (Å²) >= 11 is 0. The van der Waals surface area contributed by atoms with Gasteiger partial charge in [0, 0.05) is 12.8 Å². The number of ether oxygens (including phenoxy) is 1. The molecule has 0 aromatic rings. The van der Waals surface area contributed by atoms with Gasteiger partial charge in [0.25, 0.3) is 0 Å². The molecule has 0 aliphatic rings. The van der Waals surface area contributed by atoms with Gasteiger partial charge in [-0.15, -0.1) is 0 Å². The second kappa shape index (κ2) is 36.9. The van der Waals surface area contributed by atoms with Crippen LogP contribution in [0.5, 0.6) is 0 Å². The predicted octanol–water partition coefficient (Wildman–Crippen LogP) is 11.1. The van der Waals surface area contributed by atoms with Crippen LogP contribution in [0, 0.1) is 0 Å². The van der Waals surface area contributed by atoms with Crippen molar-refractivity contribution in [2.75, 3.05) is 6.54 Å². The lowest BCUT2D eigenvalue weighted by Crippen LogP contribution is -2.40. The van der Waals surface area contributed by atoms with Gasteiger partial charge in [-0.25, -0.2) is 4.79 Å². The standard InChI is InChI=1S/C42H76N2O5/c1-3-5-7-9-10-11-12-13-14-15-16-17-18-19-20-21-26-30-36-41(46)49-38(32-27-23-8-6-4-2)33-28-24-22-25-29-35-40(45)44-39(42(47)48)34-31-37-43/h6,8,27-28,32-33,38-39H,3-5,7,9-26,29-31,34-37,43H2,1-2H3,(H,44,45)(H,47,48)/b8-6-,32-27-,33-28-. The third-order valence-corrected chi connectivity index (χ3v) is 8.93. The highest BCUT2D eigenvalue weighted by Gasteiger charge is 2.18. The number of carboxylic acid groups (broad SMARTS) is 1. The van der Waals surface area contributed by atoms with Gasteiger partial charge in [0.2, 0.25) is 5.91 Å². The number of hydrogen-bond acceptors (Lipinski definition) is 5. The van der Waals surface area contributed by atoms with Crippen molar-refractivity contribution in [3.63, 3.8) is 0 Å². The van der Waals surface area contributed by atoms with Crippen LogP contribution >= 0.6 is 0 Å². The molecule has 0 bridgehead atoms. The molecule has 0 aromatic heterocycles. The number of esters is 1. The van der Waals surface area contributed by atoms with Gasteiger partial charge in [-0.05, 0) is 70.1 Å². The van der Waals surface area contributed by atoms with Crippen LogP contribution in [-0.2, 0) is 19.1 Å². The molecule has 0 aliphatic heterocycles. The van der Waals surface area contributed by atoms with Crippen molar-refractivity contribution in [2.24, 2.45) is 5.73 Å². The Kier molecular flexibility index (Phi) is 35.0. The predicted molar refractivity (Wildman–Crippen MR) is 207 cm³/mol. The highest BCUT2D eigenvalue weighted by molar-refractivity contribution is 5.83. The SMILES string of the molecule is CC/C=C\C/C=C\C(/C=C\CCCCCC(=O)NC(CCCN)C(=O)O)OC(=O)CCCCCCCCCCCCCCCCCCCC. The van der Waals surface area contributed by atoms with Gasteiger partial charge >= 0.3 is 11.9 Å². The van der Waals surface area contributed by atoms with Crippen LogP contribution < -0.4 is 11.1 Å². The molecule has 0 heterocycles. The average molecular weight is 689 g/mol. The minimum atomic E-state index is -1.02.